The number of carbonyl (C=O) groups excluding carboxylic acids is 2. The van der Waals surface area contributed by atoms with E-state index in [9.17, 15) is 24.2 Å². The molecule has 0 radical (unpaired) electrons. The van der Waals surface area contributed by atoms with Crippen molar-refractivity contribution < 1.29 is 38.1 Å². The number of anilines is 1. The number of nitrogens with one attached hydrogen (secondary N) is 1. The summed E-state index contributed by atoms with van der Waals surface area (Å²) in [4.78, 5) is 25.3. The van der Waals surface area contributed by atoms with E-state index in [0.29, 0.717) is 22.2 Å². The number of amides is 1. The zero-order valence-corrected chi connectivity index (χ0v) is 21.3. The molecule has 198 valence electrons. The summed E-state index contributed by atoms with van der Waals surface area (Å²) in [5, 5.41) is 22.3. The first kappa shape index (κ1) is 26.6. The first-order valence-corrected chi connectivity index (χ1v) is 11.8. The third kappa shape index (κ3) is 4.91. The van der Waals surface area contributed by atoms with Crippen molar-refractivity contribution >= 4 is 28.3 Å². The van der Waals surface area contributed by atoms with E-state index >= 15 is 4.39 Å². The van der Waals surface area contributed by atoms with Crippen LogP contribution in [0.15, 0.2) is 36.4 Å². The maximum Gasteiger partial charge on any atom is 0.404 e. The minimum atomic E-state index is -2.30. The molecule has 0 bridgehead atoms. The van der Waals surface area contributed by atoms with Crippen LogP contribution in [0.1, 0.15) is 45.9 Å². The maximum absolute atomic E-state index is 15.2. The molecule has 0 spiro atoms. The molecule has 2 aromatic carbocycles. The van der Waals surface area contributed by atoms with E-state index in [1.807, 2.05) is 0 Å². The summed E-state index contributed by atoms with van der Waals surface area (Å²) in [5.41, 5.74) is -0.508. The van der Waals surface area contributed by atoms with Gasteiger partial charge in [-0.25, -0.2) is 4.39 Å². The Morgan fingerprint density at radius 1 is 1.05 bits per heavy atom. The number of Topliss-reactive ketones (excluding diaryl/α,β-unsaturated/α-hetero) is 1. The van der Waals surface area contributed by atoms with Gasteiger partial charge in [0.25, 0.3) is 0 Å². The summed E-state index contributed by atoms with van der Waals surface area (Å²) >= 11 is 0. The molecule has 4 rings (SSSR count). The minimum absolute atomic E-state index is 0.0679. The lowest BCUT2D eigenvalue weighted by atomic mass is 9.83. The second kappa shape index (κ2) is 9.11. The Hall–Kier alpha value is -3.50. The molecule has 1 unspecified atom stereocenters. The number of ether oxygens (including phenoxy) is 2. The van der Waals surface area contributed by atoms with Gasteiger partial charge in [-0.1, -0.05) is 19.9 Å². The molecule has 1 atom stereocenters. The number of carbonyl (C=O) groups is 2. The molecular formula is C27H30F2N2O6. The summed E-state index contributed by atoms with van der Waals surface area (Å²) < 4.78 is 41.0. The zero-order valence-electron chi connectivity index (χ0n) is 21.3. The van der Waals surface area contributed by atoms with E-state index in [0.717, 1.165) is 6.92 Å². The van der Waals surface area contributed by atoms with Gasteiger partial charge in [0.2, 0.25) is 5.91 Å². The summed E-state index contributed by atoms with van der Waals surface area (Å²) in [7, 11) is 0. The highest BCUT2D eigenvalue weighted by atomic mass is 19.2. The molecular weight excluding hydrogens is 486 g/mol. The average Bonchev–Trinajstić information content (AvgIpc) is 3.33. The number of alkyl halides is 1. The fraction of sp³-hybridized carbons (Fsp3) is 0.407. The summed E-state index contributed by atoms with van der Waals surface area (Å²) in [6, 6.07) is 6.74. The van der Waals surface area contributed by atoms with Gasteiger partial charge >= 0.3 is 6.04 Å². The molecule has 0 aliphatic carbocycles. The van der Waals surface area contributed by atoms with Crippen molar-refractivity contribution in [3.63, 3.8) is 0 Å². The molecule has 37 heavy (non-hydrogen) atoms. The van der Waals surface area contributed by atoms with E-state index in [4.69, 9.17) is 9.47 Å². The predicted octanol–water partition coefficient (Wildman–Crippen LogP) is 3.94. The molecule has 3 aromatic rings. The van der Waals surface area contributed by atoms with Gasteiger partial charge in [0.15, 0.2) is 17.3 Å². The van der Waals surface area contributed by atoms with Crippen molar-refractivity contribution in [2.45, 2.75) is 58.0 Å². The van der Waals surface area contributed by atoms with Gasteiger partial charge in [-0.05, 0) is 43.7 Å². The molecule has 1 aliphatic rings. The predicted molar refractivity (Wildman–Crippen MR) is 133 cm³/mol. The number of halogens is 2. The number of ketones is 1. The number of benzene rings is 2. The molecule has 8 nitrogen and oxygen atoms in total. The van der Waals surface area contributed by atoms with Crippen LogP contribution in [-0.4, -0.2) is 45.7 Å². The average molecular weight is 517 g/mol. The van der Waals surface area contributed by atoms with Crippen molar-refractivity contribution in [3.8, 4) is 11.5 Å². The standard InChI is InChI=1S/C27H30F2N2O6/c1-25(2,14-33)23-9-15-8-19(18(28)11-20(15)31(23)12-17(34)13-32)30-24(35)26(3,4)16-6-7-21-22(10-16)37-27(5,29)36-21/h6-11,32-33H,12-14H2,1-5H3,(H,30,35). The van der Waals surface area contributed by atoms with Gasteiger partial charge in [0.05, 0.1) is 29.8 Å². The molecule has 2 heterocycles. The van der Waals surface area contributed by atoms with E-state index < -0.39 is 41.0 Å². The number of aliphatic hydroxyl groups excluding tert-OH is 2. The van der Waals surface area contributed by atoms with Crippen molar-refractivity contribution in [2.75, 3.05) is 18.5 Å². The van der Waals surface area contributed by atoms with Crippen LogP contribution in [0.4, 0.5) is 14.5 Å². The summed E-state index contributed by atoms with van der Waals surface area (Å²) in [6.07, 6.45) is 0. The molecule has 0 saturated heterocycles. The Morgan fingerprint density at radius 2 is 1.73 bits per heavy atom. The zero-order chi connectivity index (χ0) is 27.3. The first-order chi connectivity index (χ1) is 17.2. The van der Waals surface area contributed by atoms with Crippen LogP contribution in [0.5, 0.6) is 11.5 Å². The molecule has 0 fully saturated rings. The van der Waals surface area contributed by atoms with E-state index in [2.05, 4.69) is 5.32 Å². The number of hydrogen-bond acceptors (Lipinski definition) is 6. The summed E-state index contributed by atoms with van der Waals surface area (Å²) in [5.74, 6) is -1.33. The lowest BCUT2D eigenvalue weighted by molar-refractivity contribution is -0.173. The van der Waals surface area contributed by atoms with Crippen LogP contribution in [0, 0.1) is 5.82 Å². The normalized spacial score (nSPS) is 17.3. The van der Waals surface area contributed by atoms with E-state index in [1.54, 1.807) is 44.4 Å². The Labute approximate surface area is 212 Å². The van der Waals surface area contributed by atoms with Gasteiger partial charge in [0.1, 0.15) is 12.4 Å². The molecule has 1 aromatic heterocycles. The fourth-order valence-electron chi connectivity index (χ4n) is 4.30. The number of rotatable bonds is 8. The number of hydrogen-bond donors (Lipinski definition) is 3. The van der Waals surface area contributed by atoms with Crippen LogP contribution in [0.25, 0.3) is 10.9 Å². The van der Waals surface area contributed by atoms with Crippen LogP contribution in [-0.2, 0) is 27.0 Å². The second-order valence-corrected chi connectivity index (χ2v) is 10.5. The molecule has 0 saturated carbocycles. The third-order valence-electron chi connectivity index (χ3n) is 6.66. The minimum Gasteiger partial charge on any atom is -0.423 e. The van der Waals surface area contributed by atoms with Gasteiger partial charge in [-0.15, -0.1) is 0 Å². The number of fused-ring (bicyclic) bond motifs is 2. The Bertz CT molecular complexity index is 1390. The molecule has 10 heteroatoms. The van der Waals surface area contributed by atoms with Crippen LogP contribution in [0.3, 0.4) is 0 Å². The Kier molecular flexibility index (Phi) is 6.54. The van der Waals surface area contributed by atoms with Gasteiger partial charge in [-0.3, -0.25) is 9.59 Å². The van der Waals surface area contributed by atoms with Crippen molar-refractivity contribution in [3.05, 3.63) is 53.5 Å². The number of aromatic nitrogens is 1. The van der Waals surface area contributed by atoms with E-state index in [-0.39, 0.29) is 30.3 Å². The second-order valence-electron chi connectivity index (χ2n) is 10.5. The molecule has 3 N–H and O–H groups in total. The van der Waals surface area contributed by atoms with E-state index in [1.165, 1.54) is 24.3 Å². The maximum atomic E-state index is 15.2. The highest BCUT2D eigenvalue weighted by Crippen LogP contribution is 2.42. The van der Waals surface area contributed by atoms with Crippen molar-refractivity contribution in [2.24, 2.45) is 0 Å². The van der Waals surface area contributed by atoms with Gasteiger partial charge in [-0.2, -0.15) is 4.39 Å². The molecule has 1 amide bonds. The highest BCUT2D eigenvalue weighted by molar-refractivity contribution is 6.00. The van der Waals surface area contributed by atoms with Gasteiger partial charge in [0, 0.05) is 29.5 Å². The van der Waals surface area contributed by atoms with Crippen LogP contribution < -0.4 is 14.8 Å². The summed E-state index contributed by atoms with van der Waals surface area (Å²) in [6.45, 7) is 6.87. The Balaban J connectivity index is 1.68. The topological polar surface area (TPSA) is 110 Å². The highest BCUT2D eigenvalue weighted by Gasteiger charge is 2.39. The van der Waals surface area contributed by atoms with Crippen molar-refractivity contribution in [1.29, 1.82) is 0 Å². The SMILES string of the molecule is CC1(F)Oc2ccc(C(C)(C)C(=O)Nc3cc4cc(C(C)(C)CO)n(CC(=O)CO)c4cc3F)cc2O1. The Morgan fingerprint density at radius 3 is 2.38 bits per heavy atom. The smallest absolute Gasteiger partial charge is 0.404 e. The number of nitrogens with zero attached hydrogens (tertiary/aromatic N) is 1. The lowest BCUT2D eigenvalue weighted by Crippen LogP contribution is -2.35. The fourth-order valence-corrected chi connectivity index (χ4v) is 4.30. The molecule has 1 aliphatic heterocycles. The van der Waals surface area contributed by atoms with Crippen molar-refractivity contribution in [1.82, 2.24) is 4.57 Å². The lowest BCUT2D eigenvalue weighted by Gasteiger charge is -2.25. The third-order valence-corrected chi connectivity index (χ3v) is 6.66. The first-order valence-electron chi connectivity index (χ1n) is 11.8. The monoisotopic (exact) mass is 516 g/mol. The van der Waals surface area contributed by atoms with Gasteiger partial charge < -0.3 is 29.6 Å². The quantitative estimate of drug-likeness (QED) is 0.418. The van der Waals surface area contributed by atoms with Crippen LogP contribution >= 0.6 is 0 Å². The largest absolute Gasteiger partial charge is 0.423 e. The number of aliphatic hydroxyl groups is 2. The van der Waals surface area contributed by atoms with Crippen LogP contribution in [0.2, 0.25) is 0 Å².